The summed E-state index contributed by atoms with van der Waals surface area (Å²) < 4.78 is 1.04. The molecule has 2 rings (SSSR count). The molecular formula is C13H16N4O2S. The summed E-state index contributed by atoms with van der Waals surface area (Å²) in [5, 5.41) is 17.9. The normalized spacial score (nSPS) is 10.9. The topological polar surface area (TPSA) is 94.0 Å². The van der Waals surface area contributed by atoms with Crippen LogP contribution in [0.2, 0.25) is 0 Å². The molecule has 106 valence electrons. The quantitative estimate of drug-likeness (QED) is 0.648. The number of nitrogens with two attached hydrogens (primary N) is 1. The van der Waals surface area contributed by atoms with Crippen LogP contribution in [0.1, 0.15) is 25.1 Å². The van der Waals surface area contributed by atoms with Gasteiger partial charge in [0, 0.05) is 11.7 Å². The van der Waals surface area contributed by atoms with E-state index in [1.807, 2.05) is 13.8 Å². The van der Waals surface area contributed by atoms with Crippen LogP contribution < -0.4 is 11.4 Å². The van der Waals surface area contributed by atoms with E-state index in [0.29, 0.717) is 11.6 Å². The third-order valence-corrected chi connectivity index (χ3v) is 3.54. The van der Waals surface area contributed by atoms with Crippen LogP contribution in [0.3, 0.4) is 0 Å². The lowest BCUT2D eigenvalue weighted by atomic mass is 10.1. The fourth-order valence-corrected chi connectivity index (χ4v) is 2.34. The number of rotatable bonds is 4. The number of phenolic OH excluding ortho intramolecular Hbond substituents is 1. The van der Waals surface area contributed by atoms with Crippen LogP contribution in [0.4, 0.5) is 0 Å². The SMILES string of the molecule is CC(C)Sc1nnc(Cc2ccc(O)cc2)c(=O)n1N. The van der Waals surface area contributed by atoms with Crippen molar-refractivity contribution in [1.82, 2.24) is 14.9 Å². The summed E-state index contributed by atoms with van der Waals surface area (Å²) in [4.78, 5) is 12.1. The molecule has 6 nitrogen and oxygen atoms in total. The van der Waals surface area contributed by atoms with Crippen molar-refractivity contribution in [3.05, 3.63) is 45.9 Å². The van der Waals surface area contributed by atoms with Gasteiger partial charge in [0.1, 0.15) is 11.4 Å². The molecule has 1 aromatic carbocycles. The maximum atomic E-state index is 12.1. The number of nitrogen functional groups attached to an aromatic ring is 1. The molecule has 0 amide bonds. The number of nitrogens with zero attached hydrogens (tertiary/aromatic N) is 3. The van der Waals surface area contributed by atoms with Gasteiger partial charge < -0.3 is 10.9 Å². The molecule has 0 bridgehead atoms. The van der Waals surface area contributed by atoms with E-state index >= 15 is 0 Å². The molecule has 0 saturated heterocycles. The Morgan fingerprint density at radius 3 is 2.55 bits per heavy atom. The van der Waals surface area contributed by atoms with Gasteiger partial charge in [0.15, 0.2) is 0 Å². The molecule has 0 spiro atoms. The zero-order valence-corrected chi connectivity index (χ0v) is 12.1. The highest BCUT2D eigenvalue weighted by Gasteiger charge is 2.12. The van der Waals surface area contributed by atoms with Crippen LogP contribution in [0.5, 0.6) is 5.75 Å². The largest absolute Gasteiger partial charge is 0.508 e. The van der Waals surface area contributed by atoms with Crippen molar-refractivity contribution < 1.29 is 5.11 Å². The Bertz CT molecular complexity index is 652. The molecule has 2 aromatic rings. The van der Waals surface area contributed by atoms with E-state index in [2.05, 4.69) is 10.2 Å². The maximum Gasteiger partial charge on any atom is 0.294 e. The molecule has 7 heteroatoms. The van der Waals surface area contributed by atoms with Gasteiger partial charge in [0.2, 0.25) is 5.16 Å². The molecule has 0 radical (unpaired) electrons. The number of aromatic hydroxyl groups is 1. The second kappa shape index (κ2) is 5.96. The lowest BCUT2D eigenvalue weighted by Gasteiger charge is -2.09. The van der Waals surface area contributed by atoms with E-state index in [-0.39, 0.29) is 22.3 Å². The van der Waals surface area contributed by atoms with Crippen molar-refractivity contribution in [1.29, 1.82) is 0 Å². The van der Waals surface area contributed by atoms with E-state index < -0.39 is 0 Å². The number of hydrogen-bond donors (Lipinski definition) is 2. The Hall–Kier alpha value is -2.02. The van der Waals surface area contributed by atoms with Crippen LogP contribution in [0.15, 0.2) is 34.2 Å². The van der Waals surface area contributed by atoms with Gasteiger partial charge in [0.05, 0.1) is 0 Å². The van der Waals surface area contributed by atoms with Crippen molar-refractivity contribution in [2.45, 2.75) is 30.7 Å². The fraction of sp³-hybridized carbons (Fsp3) is 0.308. The second-order valence-corrected chi connectivity index (χ2v) is 6.16. The number of aromatic nitrogens is 3. The lowest BCUT2D eigenvalue weighted by Crippen LogP contribution is -2.34. The monoisotopic (exact) mass is 292 g/mol. The number of thioether (sulfide) groups is 1. The van der Waals surface area contributed by atoms with E-state index in [1.54, 1.807) is 24.3 Å². The molecule has 0 saturated carbocycles. The van der Waals surface area contributed by atoms with Crippen molar-refractivity contribution >= 4 is 11.8 Å². The predicted octanol–water partition coefficient (Wildman–Crippen LogP) is 1.15. The van der Waals surface area contributed by atoms with Crippen LogP contribution in [0.25, 0.3) is 0 Å². The smallest absolute Gasteiger partial charge is 0.294 e. The molecule has 1 aromatic heterocycles. The third kappa shape index (κ3) is 3.30. The summed E-state index contributed by atoms with van der Waals surface area (Å²) in [6, 6.07) is 6.58. The minimum absolute atomic E-state index is 0.180. The summed E-state index contributed by atoms with van der Waals surface area (Å²) in [5.41, 5.74) is 0.793. The van der Waals surface area contributed by atoms with Gasteiger partial charge in [-0.1, -0.05) is 37.7 Å². The highest BCUT2D eigenvalue weighted by molar-refractivity contribution is 7.99. The van der Waals surface area contributed by atoms with Gasteiger partial charge in [-0.2, -0.15) is 4.68 Å². The van der Waals surface area contributed by atoms with Gasteiger partial charge in [-0.05, 0) is 17.7 Å². The Kier molecular flexibility index (Phi) is 4.29. The van der Waals surface area contributed by atoms with Crippen molar-refractivity contribution in [2.24, 2.45) is 0 Å². The fourth-order valence-electron chi connectivity index (χ4n) is 1.63. The molecule has 0 fully saturated rings. The minimum atomic E-state index is -0.351. The van der Waals surface area contributed by atoms with E-state index in [4.69, 9.17) is 5.84 Å². The van der Waals surface area contributed by atoms with Crippen LogP contribution >= 0.6 is 11.8 Å². The minimum Gasteiger partial charge on any atom is -0.508 e. The molecule has 20 heavy (non-hydrogen) atoms. The highest BCUT2D eigenvalue weighted by atomic mass is 32.2. The average Bonchev–Trinajstić information content (AvgIpc) is 2.40. The number of phenols is 1. The summed E-state index contributed by atoms with van der Waals surface area (Å²) in [7, 11) is 0. The Morgan fingerprint density at radius 1 is 1.30 bits per heavy atom. The summed E-state index contributed by atoms with van der Waals surface area (Å²) in [6.07, 6.45) is 0.329. The number of benzene rings is 1. The van der Waals surface area contributed by atoms with Crippen LogP contribution in [-0.2, 0) is 6.42 Å². The first-order valence-electron chi connectivity index (χ1n) is 6.15. The standard InChI is InChI=1S/C13H16N4O2S/c1-8(2)20-13-16-15-11(12(19)17(13)14)7-9-3-5-10(18)6-4-9/h3-6,8,18H,7,14H2,1-2H3. The Balaban J connectivity index is 2.27. The Labute approximate surface area is 120 Å². The van der Waals surface area contributed by atoms with Crippen LogP contribution in [-0.4, -0.2) is 25.2 Å². The highest BCUT2D eigenvalue weighted by Crippen LogP contribution is 2.17. The first-order valence-corrected chi connectivity index (χ1v) is 7.03. The van der Waals surface area contributed by atoms with E-state index in [9.17, 15) is 9.90 Å². The van der Waals surface area contributed by atoms with Gasteiger partial charge in [-0.3, -0.25) is 4.79 Å². The molecule has 0 unspecified atom stereocenters. The Morgan fingerprint density at radius 2 is 1.95 bits per heavy atom. The first kappa shape index (κ1) is 14.4. The molecule has 0 aliphatic heterocycles. The maximum absolute atomic E-state index is 12.1. The molecule has 0 aliphatic carbocycles. The average molecular weight is 292 g/mol. The summed E-state index contributed by atoms with van der Waals surface area (Å²) in [6.45, 7) is 3.97. The molecular weight excluding hydrogens is 276 g/mol. The van der Waals surface area contributed by atoms with Crippen molar-refractivity contribution in [3.8, 4) is 5.75 Å². The third-order valence-electron chi connectivity index (χ3n) is 2.58. The first-order chi connectivity index (χ1) is 9.47. The van der Waals surface area contributed by atoms with E-state index in [1.165, 1.54) is 11.8 Å². The van der Waals surface area contributed by atoms with Gasteiger partial charge in [0.25, 0.3) is 5.56 Å². The van der Waals surface area contributed by atoms with E-state index in [0.717, 1.165) is 10.2 Å². The summed E-state index contributed by atoms with van der Waals surface area (Å²) >= 11 is 1.39. The lowest BCUT2D eigenvalue weighted by molar-refractivity contribution is 0.475. The predicted molar refractivity (Wildman–Crippen MR) is 78.3 cm³/mol. The van der Waals surface area contributed by atoms with Gasteiger partial charge in [-0.15, -0.1) is 10.2 Å². The molecule has 1 heterocycles. The summed E-state index contributed by atoms with van der Waals surface area (Å²) in [5.74, 6) is 5.93. The molecule has 0 aliphatic rings. The molecule has 0 atom stereocenters. The zero-order valence-electron chi connectivity index (χ0n) is 11.3. The van der Waals surface area contributed by atoms with Crippen molar-refractivity contribution in [3.63, 3.8) is 0 Å². The van der Waals surface area contributed by atoms with Crippen molar-refractivity contribution in [2.75, 3.05) is 5.84 Å². The van der Waals surface area contributed by atoms with Gasteiger partial charge >= 0.3 is 0 Å². The molecule has 3 N–H and O–H groups in total. The second-order valence-electron chi connectivity index (χ2n) is 4.61. The number of hydrogen-bond acceptors (Lipinski definition) is 6. The van der Waals surface area contributed by atoms with Gasteiger partial charge in [-0.25, -0.2) is 0 Å². The van der Waals surface area contributed by atoms with Crippen LogP contribution in [0, 0.1) is 0 Å². The zero-order chi connectivity index (χ0) is 14.7.